The van der Waals surface area contributed by atoms with Gasteiger partial charge in [-0.25, -0.2) is 4.39 Å². The van der Waals surface area contributed by atoms with E-state index >= 15 is 4.79 Å². The predicted molar refractivity (Wildman–Crippen MR) is 250 cm³/mol. The number of fused-ring (bicyclic) bond motifs is 2. The van der Waals surface area contributed by atoms with Crippen molar-refractivity contribution in [1.29, 1.82) is 5.26 Å². The highest BCUT2D eigenvalue weighted by atomic mass is 19.1. The van der Waals surface area contributed by atoms with Crippen LogP contribution in [-0.4, -0.2) is 76.3 Å². The third-order valence-electron chi connectivity index (χ3n) is 13.6. The Morgan fingerprint density at radius 2 is 1.82 bits per heavy atom. The number of aliphatic hydroxyl groups is 2. The maximum Gasteiger partial charge on any atom is 0.254 e. The average Bonchev–Trinajstić information content (AvgIpc) is 3.35. The van der Waals surface area contributed by atoms with Crippen molar-refractivity contribution >= 4 is 11.6 Å². The van der Waals surface area contributed by atoms with Gasteiger partial charge in [0, 0.05) is 55.3 Å². The van der Waals surface area contributed by atoms with E-state index in [9.17, 15) is 19.9 Å². The first-order valence-electron chi connectivity index (χ1n) is 23.7. The second kappa shape index (κ2) is 22.3. The SMILES string of the molecule is C=CCOC12Oc3ccc(OCc4cccc(C)n4)cc3C3C(CCCCO)C(CCCCO)C=C(C(=NOC4CCCCO4)CC1N(Cc1ccc(F)cc1)C(=O)c1ccc(C#N)cc1)C32. The maximum absolute atomic E-state index is 15.4. The first-order chi connectivity index (χ1) is 32.7. The first-order valence-corrected chi connectivity index (χ1v) is 23.7. The van der Waals surface area contributed by atoms with Gasteiger partial charge in [-0.2, -0.15) is 5.26 Å². The molecule has 12 nitrogen and oxygen atoms in total. The molecular weight excluding hydrogens is 852 g/mol. The van der Waals surface area contributed by atoms with Crippen molar-refractivity contribution in [3.63, 3.8) is 0 Å². The second-order valence-electron chi connectivity index (χ2n) is 18.0. The normalized spacial score (nSPS) is 24.6. The zero-order chi connectivity index (χ0) is 46.8. The molecule has 7 unspecified atom stereocenters. The van der Waals surface area contributed by atoms with E-state index in [4.69, 9.17) is 28.9 Å². The standard InChI is InChI=1S/C54H61FN4O8/c1-3-28-65-54-49(59(34-38-18-22-41(55)23-19-38)53(62)39-20-16-37(33-56)17-21-39)32-47(58-67-50-15-6-9-29-63-50)45-30-40(12-4-7-26-60)44(14-5-8-27-61)51(52(45)54)46-31-43(24-25-48(46)66-54)64-35-42-13-10-11-36(2)57-42/h3,10-11,13,16-25,30-31,40,44,49-52,60-61H,1,4-9,12,14-15,26-29,32,34-35H2,2H3. The lowest BCUT2D eigenvalue weighted by Crippen LogP contribution is -2.70. The van der Waals surface area contributed by atoms with Crippen molar-refractivity contribution in [2.24, 2.45) is 22.9 Å². The molecule has 1 saturated heterocycles. The number of pyridine rings is 1. The third-order valence-corrected chi connectivity index (χ3v) is 13.6. The number of allylic oxidation sites excluding steroid dienone is 1. The fourth-order valence-corrected chi connectivity index (χ4v) is 10.5. The summed E-state index contributed by atoms with van der Waals surface area (Å²) in [5.41, 5.74) is 5.57. The number of carbonyl (C=O) groups excluding carboxylic acids is 1. The van der Waals surface area contributed by atoms with Crippen LogP contribution >= 0.6 is 0 Å². The number of aryl methyl sites for hydroxylation is 1. The summed E-state index contributed by atoms with van der Waals surface area (Å²) in [7, 11) is 0. The molecule has 0 radical (unpaired) electrons. The number of halogens is 1. The number of nitrogens with zero attached hydrogens (tertiary/aromatic N) is 4. The van der Waals surface area contributed by atoms with Crippen molar-refractivity contribution in [1.82, 2.24) is 9.88 Å². The maximum atomic E-state index is 15.4. The Balaban J connectivity index is 1.34. The second-order valence-corrected chi connectivity index (χ2v) is 18.0. The number of ether oxygens (including phenoxy) is 4. The van der Waals surface area contributed by atoms with Crippen molar-refractivity contribution in [3.05, 3.63) is 149 Å². The molecule has 352 valence electrons. The van der Waals surface area contributed by atoms with Gasteiger partial charge in [0.2, 0.25) is 12.1 Å². The van der Waals surface area contributed by atoms with E-state index < -0.39 is 29.9 Å². The number of rotatable bonds is 20. The zero-order valence-electron chi connectivity index (χ0n) is 38.2. The largest absolute Gasteiger partial charge is 0.487 e. The van der Waals surface area contributed by atoms with Crippen LogP contribution in [0.5, 0.6) is 11.5 Å². The number of carbonyl (C=O) groups is 1. The highest BCUT2D eigenvalue weighted by Gasteiger charge is 2.65. The molecule has 3 aromatic carbocycles. The van der Waals surface area contributed by atoms with Gasteiger partial charge in [0.15, 0.2) is 0 Å². The molecule has 3 heterocycles. The van der Waals surface area contributed by atoms with Gasteiger partial charge in [0.25, 0.3) is 5.91 Å². The molecule has 0 bridgehead atoms. The molecular formula is C54H61FN4O8. The van der Waals surface area contributed by atoms with Crippen LogP contribution < -0.4 is 9.47 Å². The van der Waals surface area contributed by atoms with Crippen molar-refractivity contribution in [2.75, 3.05) is 26.4 Å². The number of amides is 1. The molecule has 2 N–H and O–H groups in total. The lowest BCUT2D eigenvalue weighted by molar-refractivity contribution is -0.255. The van der Waals surface area contributed by atoms with Crippen LogP contribution in [0.4, 0.5) is 4.39 Å². The summed E-state index contributed by atoms with van der Waals surface area (Å²) in [5.74, 6) is -1.92. The Labute approximate surface area is 392 Å². The minimum atomic E-state index is -1.54. The predicted octanol–water partition coefficient (Wildman–Crippen LogP) is 9.48. The molecule has 0 spiro atoms. The molecule has 1 saturated carbocycles. The van der Waals surface area contributed by atoms with E-state index in [1.165, 1.54) is 12.1 Å². The topological polar surface area (TPSA) is 156 Å². The van der Waals surface area contributed by atoms with Crippen LogP contribution in [0.25, 0.3) is 0 Å². The van der Waals surface area contributed by atoms with Gasteiger partial charge in [0.05, 0.1) is 42.2 Å². The number of hydrogen-bond acceptors (Lipinski definition) is 11. The summed E-state index contributed by atoms with van der Waals surface area (Å²) >= 11 is 0. The molecule has 67 heavy (non-hydrogen) atoms. The molecule has 2 aliphatic heterocycles. The average molecular weight is 913 g/mol. The molecule has 2 fully saturated rings. The Kier molecular flexibility index (Phi) is 15.8. The minimum Gasteiger partial charge on any atom is -0.487 e. The van der Waals surface area contributed by atoms with Crippen molar-refractivity contribution < 1.29 is 43.2 Å². The number of nitriles is 1. The number of hydrogen-bond donors (Lipinski definition) is 2. The highest BCUT2D eigenvalue weighted by molar-refractivity contribution is 6.03. The monoisotopic (exact) mass is 912 g/mol. The van der Waals surface area contributed by atoms with Crippen molar-refractivity contribution in [3.8, 4) is 17.6 Å². The number of unbranched alkanes of at least 4 members (excludes halogenated alkanes) is 2. The number of aromatic nitrogens is 1. The van der Waals surface area contributed by atoms with E-state index in [2.05, 4.69) is 29.8 Å². The van der Waals surface area contributed by atoms with Crippen LogP contribution in [-0.2, 0) is 27.5 Å². The van der Waals surface area contributed by atoms with E-state index in [1.807, 2.05) is 37.3 Å². The first kappa shape index (κ1) is 47.6. The Morgan fingerprint density at radius 3 is 2.54 bits per heavy atom. The Hall–Kier alpha value is -5.91. The molecule has 2 aliphatic carbocycles. The lowest BCUT2D eigenvalue weighted by atomic mass is 9.55. The lowest BCUT2D eigenvalue weighted by Gasteiger charge is -2.60. The summed E-state index contributed by atoms with van der Waals surface area (Å²) in [6, 6.07) is 25.6. The van der Waals surface area contributed by atoms with Gasteiger partial charge in [-0.3, -0.25) is 9.78 Å². The molecule has 4 aromatic rings. The van der Waals surface area contributed by atoms with Crippen LogP contribution in [0.3, 0.4) is 0 Å². The fourth-order valence-electron chi connectivity index (χ4n) is 10.5. The summed E-state index contributed by atoms with van der Waals surface area (Å²) in [4.78, 5) is 28.1. The molecule has 4 aliphatic rings. The van der Waals surface area contributed by atoms with Crippen LogP contribution in [0.15, 0.2) is 114 Å². The number of benzene rings is 3. The van der Waals surface area contributed by atoms with Crippen molar-refractivity contribution in [2.45, 2.75) is 108 Å². The molecule has 1 aromatic heterocycles. The molecule has 7 atom stereocenters. The van der Waals surface area contributed by atoms with Gasteiger partial charge in [-0.1, -0.05) is 48.3 Å². The quantitative estimate of drug-likeness (QED) is 0.0498. The summed E-state index contributed by atoms with van der Waals surface area (Å²) in [6.07, 6.45) is 10.5. The van der Waals surface area contributed by atoms with E-state index in [0.717, 1.165) is 61.0 Å². The smallest absolute Gasteiger partial charge is 0.254 e. The Morgan fingerprint density at radius 1 is 1.03 bits per heavy atom. The van der Waals surface area contributed by atoms with Gasteiger partial charge < -0.3 is 38.9 Å². The van der Waals surface area contributed by atoms with Crippen LogP contribution in [0.2, 0.25) is 0 Å². The number of aliphatic hydroxyl groups excluding tert-OH is 2. The molecule has 1 amide bonds. The van der Waals surface area contributed by atoms with E-state index in [-0.39, 0.29) is 63.1 Å². The Bertz CT molecular complexity index is 2430. The van der Waals surface area contributed by atoms with E-state index in [1.54, 1.807) is 47.4 Å². The van der Waals surface area contributed by atoms with Gasteiger partial charge >= 0.3 is 0 Å². The summed E-state index contributed by atoms with van der Waals surface area (Å²) in [5, 5.41) is 34.7. The minimum absolute atomic E-state index is 0.00980. The summed E-state index contributed by atoms with van der Waals surface area (Å²) in [6.45, 7) is 7.10. The van der Waals surface area contributed by atoms with Gasteiger partial charge in [-0.05, 0) is 135 Å². The highest BCUT2D eigenvalue weighted by Crippen LogP contribution is 2.62. The molecule has 8 rings (SSSR count). The summed E-state index contributed by atoms with van der Waals surface area (Å²) < 4.78 is 41.6. The van der Waals surface area contributed by atoms with Crippen LogP contribution in [0.1, 0.15) is 109 Å². The number of oxime groups is 1. The van der Waals surface area contributed by atoms with Gasteiger partial charge in [-0.15, -0.1) is 6.58 Å². The van der Waals surface area contributed by atoms with Gasteiger partial charge in [0.1, 0.15) is 30.0 Å². The van der Waals surface area contributed by atoms with E-state index in [0.29, 0.717) is 59.8 Å². The zero-order valence-corrected chi connectivity index (χ0v) is 38.2. The third kappa shape index (κ3) is 10.8. The van der Waals surface area contributed by atoms with Crippen LogP contribution in [0, 0.1) is 41.8 Å². The fraction of sp³-hybridized carbons (Fsp3) is 0.444. The molecule has 13 heteroatoms.